The van der Waals surface area contributed by atoms with Gasteiger partial charge in [-0.3, -0.25) is 9.59 Å². The van der Waals surface area contributed by atoms with Crippen molar-refractivity contribution in [3.05, 3.63) is 11.1 Å². The molecule has 0 aromatic carbocycles. The smallest absolute Gasteiger partial charge is 0.335 e. The van der Waals surface area contributed by atoms with Crippen molar-refractivity contribution in [3.63, 3.8) is 0 Å². The molecule has 1 spiro atoms. The Labute approximate surface area is 136 Å². The number of likely N-dealkylation sites (tertiary alicyclic amines) is 1. The van der Waals surface area contributed by atoms with Crippen molar-refractivity contribution in [2.45, 2.75) is 32.3 Å². The zero-order valence-electron chi connectivity index (χ0n) is 14.3. The highest BCUT2D eigenvalue weighted by atomic mass is 16.6. The molecule has 0 unspecified atom stereocenters. The third-order valence-electron chi connectivity index (χ3n) is 4.51. The van der Waals surface area contributed by atoms with E-state index in [2.05, 4.69) is 5.32 Å². The van der Waals surface area contributed by atoms with Gasteiger partial charge in [0.05, 0.1) is 5.57 Å². The Balaban J connectivity index is 2.13. The van der Waals surface area contributed by atoms with Crippen LogP contribution in [0.5, 0.6) is 0 Å². The molecule has 1 saturated heterocycles. The molecule has 0 saturated carbocycles. The molecular weight excluding hydrogens is 298 g/mol. The number of piperidine rings is 1. The summed E-state index contributed by atoms with van der Waals surface area (Å²) in [6, 6.07) is 0. The lowest BCUT2D eigenvalue weighted by molar-refractivity contribution is -0.152. The molecule has 0 atom stereocenters. The van der Waals surface area contributed by atoms with Crippen LogP contribution < -0.4 is 5.32 Å². The van der Waals surface area contributed by atoms with Crippen molar-refractivity contribution >= 4 is 17.8 Å². The molecule has 1 fully saturated rings. The van der Waals surface area contributed by atoms with E-state index in [4.69, 9.17) is 4.74 Å². The molecule has 7 heteroatoms. The molecule has 0 aliphatic carbocycles. The fraction of sp³-hybridized carbons (Fsp3) is 0.688. The molecule has 0 bridgehead atoms. The number of rotatable bonds is 4. The first-order chi connectivity index (χ1) is 10.8. The van der Waals surface area contributed by atoms with E-state index < -0.39 is 11.6 Å². The van der Waals surface area contributed by atoms with Gasteiger partial charge in [-0.05, 0) is 21.0 Å². The summed E-state index contributed by atoms with van der Waals surface area (Å²) in [6.07, 6.45) is 0.929. The Morgan fingerprint density at radius 2 is 1.91 bits per heavy atom. The third kappa shape index (κ3) is 3.55. The minimum absolute atomic E-state index is 0.00172. The zero-order valence-corrected chi connectivity index (χ0v) is 14.3. The first kappa shape index (κ1) is 17.5. The molecule has 0 aromatic rings. The van der Waals surface area contributed by atoms with Crippen molar-refractivity contribution in [1.82, 2.24) is 15.1 Å². The second kappa shape index (κ2) is 6.70. The van der Waals surface area contributed by atoms with Crippen molar-refractivity contribution in [1.29, 1.82) is 0 Å². The molecule has 23 heavy (non-hydrogen) atoms. The van der Waals surface area contributed by atoms with Gasteiger partial charge in [0.25, 0.3) is 5.91 Å². The maximum absolute atomic E-state index is 12.6. The summed E-state index contributed by atoms with van der Waals surface area (Å²) in [5.74, 6) is -0.674. The first-order valence-corrected chi connectivity index (χ1v) is 7.90. The topological polar surface area (TPSA) is 78.9 Å². The minimum Gasteiger partial charge on any atom is -0.450 e. The summed E-state index contributed by atoms with van der Waals surface area (Å²) in [6.45, 7) is 5.36. The summed E-state index contributed by atoms with van der Waals surface area (Å²) in [5, 5.41) is 2.86. The SMILES string of the molecule is CC(=O)N1CCC2(CC1)OC(=O)C(C)=C2C(=O)NCCN(C)C. The lowest BCUT2D eigenvalue weighted by Crippen LogP contribution is -2.50. The normalized spacial score (nSPS) is 20.2. The van der Waals surface area contributed by atoms with Gasteiger partial charge >= 0.3 is 5.97 Å². The number of esters is 1. The van der Waals surface area contributed by atoms with Crippen molar-refractivity contribution in [2.75, 3.05) is 40.3 Å². The zero-order chi connectivity index (χ0) is 17.2. The van der Waals surface area contributed by atoms with Crippen molar-refractivity contribution in [2.24, 2.45) is 0 Å². The van der Waals surface area contributed by atoms with Gasteiger partial charge in [-0.25, -0.2) is 4.79 Å². The van der Waals surface area contributed by atoms with Crippen LogP contribution in [-0.2, 0) is 19.1 Å². The van der Waals surface area contributed by atoms with Gasteiger partial charge in [-0.1, -0.05) is 0 Å². The Kier molecular flexibility index (Phi) is 5.09. The molecule has 2 aliphatic rings. The van der Waals surface area contributed by atoms with Crippen LogP contribution in [0.1, 0.15) is 26.7 Å². The second-order valence-corrected chi connectivity index (χ2v) is 6.45. The molecule has 2 aliphatic heterocycles. The van der Waals surface area contributed by atoms with Gasteiger partial charge in [-0.15, -0.1) is 0 Å². The molecule has 1 N–H and O–H groups in total. The van der Waals surface area contributed by atoms with Crippen molar-refractivity contribution in [3.8, 4) is 0 Å². The average Bonchev–Trinajstić information content (AvgIpc) is 2.70. The number of hydrogen-bond donors (Lipinski definition) is 1. The second-order valence-electron chi connectivity index (χ2n) is 6.45. The molecule has 0 radical (unpaired) electrons. The fourth-order valence-corrected chi connectivity index (χ4v) is 3.14. The van der Waals surface area contributed by atoms with Crippen LogP contribution in [0.3, 0.4) is 0 Å². The van der Waals surface area contributed by atoms with Crippen molar-refractivity contribution < 1.29 is 19.1 Å². The number of amides is 2. The standard InChI is InChI=1S/C16H25N3O4/c1-11-13(14(21)17-7-10-18(3)4)16(23-15(11)22)5-8-19(9-6-16)12(2)20/h5-10H2,1-4H3,(H,17,21). The predicted molar refractivity (Wildman–Crippen MR) is 84.6 cm³/mol. The van der Waals surface area contributed by atoms with Gasteiger partial charge in [0.15, 0.2) is 0 Å². The third-order valence-corrected chi connectivity index (χ3v) is 4.51. The van der Waals surface area contributed by atoms with Gasteiger partial charge < -0.3 is 19.9 Å². The van der Waals surface area contributed by atoms with Crippen LogP contribution in [0.25, 0.3) is 0 Å². The van der Waals surface area contributed by atoms with E-state index in [-0.39, 0.29) is 11.8 Å². The fourth-order valence-electron chi connectivity index (χ4n) is 3.14. The lowest BCUT2D eigenvalue weighted by atomic mass is 9.82. The van der Waals surface area contributed by atoms with Gasteiger partial charge in [0.2, 0.25) is 5.91 Å². The maximum atomic E-state index is 12.6. The number of ether oxygens (including phenoxy) is 1. The van der Waals surface area contributed by atoms with Crippen LogP contribution in [0, 0.1) is 0 Å². The summed E-state index contributed by atoms with van der Waals surface area (Å²) in [5.41, 5.74) is -0.0666. The highest BCUT2D eigenvalue weighted by molar-refractivity contribution is 6.07. The number of carbonyl (C=O) groups is 3. The first-order valence-electron chi connectivity index (χ1n) is 7.90. The molecule has 2 heterocycles. The Bertz CT molecular complexity index is 546. The van der Waals surface area contributed by atoms with Gasteiger partial charge in [0, 0.05) is 51.5 Å². The molecule has 7 nitrogen and oxygen atoms in total. The molecule has 2 amide bonds. The molecule has 0 aromatic heterocycles. The summed E-state index contributed by atoms with van der Waals surface area (Å²) in [7, 11) is 3.86. The lowest BCUT2D eigenvalue weighted by Gasteiger charge is -2.39. The largest absolute Gasteiger partial charge is 0.450 e. The van der Waals surface area contributed by atoms with Gasteiger partial charge in [0.1, 0.15) is 5.60 Å². The summed E-state index contributed by atoms with van der Waals surface area (Å²) >= 11 is 0. The summed E-state index contributed by atoms with van der Waals surface area (Å²) in [4.78, 5) is 39.7. The monoisotopic (exact) mass is 323 g/mol. The van der Waals surface area contributed by atoms with E-state index in [1.165, 1.54) is 6.92 Å². The minimum atomic E-state index is -0.880. The number of nitrogens with zero attached hydrogens (tertiary/aromatic N) is 2. The number of likely N-dealkylation sites (N-methyl/N-ethyl adjacent to an activating group) is 1. The van der Waals surface area contributed by atoms with Crippen LogP contribution in [0.15, 0.2) is 11.1 Å². The van der Waals surface area contributed by atoms with E-state index >= 15 is 0 Å². The number of nitrogens with one attached hydrogen (secondary N) is 1. The summed E-state index contributed by atoms with van der Waals surface area (Å²) < 4.78 is 5.57. The Hall–Kier alpha value is -1.89. The molecule has 2 rings (SSSR count). The van der Waals surface area contributed by atoms with Crippen LogP contribution in [0.4, 0.5) is 0 Å². The number of hydrogen-bond acceptors (Lipinski definition) is 5. The number of carbonyl (C=O) groups excluding carboxylic acids is 3. The Morgan fingerprint density at radius 1 is 1.30 bits per heavy atom. The van der Waals surface area contributed by atoms with E-state index in [1.54, 1.807) is 11.8 Å². The van der Waals surface area contributed by atoms with Crippen LogP contribution in [0.2, 0.25) is 0 Å². The van der Waals surface area contributed by atoms with Gasteiger partial charge in [-0.2, -0.15) is 0 Å². The predicted octanol–water partition coefficient (Wildman–Crippen LogP) is -0.0814. The van der Waals surface area contributed by atoms with E-state index in [9.17, 15) is 14.4 Å². The Morgan fingerprint density at radius 3 is 2.43 bits per heavy atom. The van der Waals surface area contributed by atoms with E-state index in [0.717, 1.165) is 6.54 Å². The highest BCUT2D eigenvalue weighted by Gasteiger charge is 2.50. The van der Waals surface area contributed by atoms with Crippen LogP contribution >= 0.6 is 0 Å². The molecule has 128 valence electrons. The van der Waals surface area contributed by atoms with E-state index in [0.29, 0.717) is 43.6 Å². The highest BCUT2D eigenvalue weighted by Crippen LogP contribution is 2.41. The maximum Gasteiger partial charge on any atom is 0.335 e. The van der Waals surface area contributed by atoms with Crippen LogP contribution in [-0.4, -0.2) is 73.5 Å². The quantitative estimate of drug-likeness (QED) is 0.732. The van der Waals surface area contributed by atoms with E-state index in [1.807, 2.05) is 19.0 Å². The molecular formula is C16H25N3O4. The average molecular weight is 323 g/mol.